The molecule has 1 atom stereocenters. The lowest BCUT2D eigenvalue weighted by atomic mass is 9.69. The van der Waals surface area contributed by atoms with E-state index in [0.29, 0.717) is 11.5 Å². The summed E-state index contributed by atoms with van der Waals surface area (Å²) in [5.41, 5.74) is 0.400. The predicted molar refractivity (Wildman–Crippen MR) is 71.9 cm³/mol. The van der Waals surface area contributed by atoms with E-state index in [1.54, 1.807) is 0 Å². The van der Waals surface area contributed by atoms with Crippen LogP contribution in [-0.2, 0) is 4.74 Å². The van der Waals surface area contributed by atoms with Gasteiger partial charge in [0, 0.05) is 0 Å². The van der Waals surface area contributed by atoms with Gasteiger partial charge in [0.2, 0.25) is 0 Å². The molecule has 1 aliphatic heterocycles. The highest BCUT2D eigenvalue weighted by atomic mass is 16.5. The Morgan fingerprint density at radius 2 is 2.06 bits per heavy atom. The zero-order valence-electron chi connectivity index (χ0n) is 11.4. The molecule has 1 unspecified atom stereocenters. The normalized spacial score (nSPS) is 25.9. The molecule has 2 heteroatoms. The van der Waals surface area contributed by atoms with E-state index in [4.69, 9.17) is 4.74 Å². The molecule has 0 spiro atoms. The molecule has 1 aliphatic carbocycles. The maximum Gasteiger partial charge on any atom is 0.109 e. The van der Waals surface area contributed by atoms with Crippen molar-refractivity contribution in [3.8, 4) is 0 Å². The van der Waals surface area contributed by atoms with Crippen LogP contribution < -0.4 is 5.32 Å². The summed E-state index contributed by atoms with van der Waals surface area (Å²) >= 11 is 0. The zero-order chi connectivity index (χ0) is 12.1. The first kappa shape index (κ1) is 12.9. The lowest BCUT2D eigenvalue weighted by molar-refractivity contribution is 0.0918. The molecule has 0 radical (unpaired) electrons. The summed E-state index contributed by atoms with van der Waals surface area (Å²) in [5.74, 6) is 1.22. The minimum atomic E-state index is 0.400. The second-order valence-corrected chi connectivity index (χ2v) is 5.80. The summed E-state index contributed by atoms with van der Waals surface area (Å²) in [5, 5.41) is 3.67. The Kier molecular flexibility index (Phi) is 4.49. The minimum absolute atomic E-state index is 0.400. The van der Waals surface area contributed by atoms with E-state index in [9.17, 15) is 0 Å². The van der Waals surface area contributed by atoms with Gasteiger partial charge in [-0.05, 0) is 43.7 Å². The minimum Gasteiger partial charge on any atom is -0.497 e. The van der Waals surface area contributed by atoms with Gasteiger partial charge in [-0.25, -0.2) is 0 Å². The van der Waals surface area contributed by atoms with Crippen LogP contribution in [0.4, 0.5) is 0 Å². The van der Waals surface area contributed by atoms with Gasteiger partial charge in [-0.15, -0.1) is 0 Å². The average molecular weight is 237 g/mol. The van der Waals surface area contributed by atoms with Crippen molar-refractivity contribution in [2.75, 3.05) is 13.2 Å². The maximum atomic E-state index is 5.91. The van der Waals surface area contributed by atoms with Gasteiger partial charge in [0.1, 0.15) is 5.76 Å². The number of hydrogen-bond donors (Lipinski definition) is 1. The highest BCUT2D eigenvalue weighted by Crippen LogP contribution is 2.41. The molecule has 0 bridgehead atoms. The fourth-order valence-electron chi connectivity index (χ4n) is 3.32. The predicted octanol–water partition coefficient (Wildman–Crippen LogP) is 3.63. The second-order valence-electron chi connectivity index (χ2n) is 5.80. The van der Waals surface area contributed by atoms with E-state index in [1.807, 2.05) is 0 Å². The first-order chi connectivity index (χ1) is 8.26. The van der Waals surface area contributed by atoms with Gasteiger partial charge in [-0.3, -0.25) is 0 Å². The molecule has 1 fully saturated rings. The van der Waals surface area contributed by atoms with Crippen molar-refractivity contribution in [1.29, 1.82) is 0 Å². The molecule has 2 rings (SSSR count). The van der Waals surface area contributed by atoms with Crippen LogP contribution in [0.2, 0.25) is 0 Å². The van der Waals surface area contributed by atoms with Gasteiger partial charge in [-0.1, -0.05) is 33.1 Å². The van der Waals surface area contributed by atoms with Gasteiger partial charge in [-0.2, -0.15) is 0 Å². The molecule has 1 heterocycles. The summed E-state index contributed by atoms with van der Waals surface area (Å²) in [7, 11) is 0. The van der Waals surface area contributed by atoms with Crippen molar-refractivity contribution in [1.82, 2.24) is 5.32 Å². The van der Waals surface area contributed by atoms with Crippen LogP contribution >= 0.6 is 0 Å². The standard InChI is InChI=1S/C15H27NO/c1-3-16-14(13-9-5-8-12-17-13)15(2)10-6-4-7-11-15/h9,14,16H,3-8,10-12H2,1-2H3. The molecule has 0 amide bonds. The molecule has 0 aromatic heterocycles. The summed E-state index contributed by atoms with van der Waals surface area (Å²) in [6, 6.07) is 0.438. The molecule has 0 aromatic rings. The number of nitrogens with one attached hydrogen (secondary N) is 1. The van der Waals surface area contributed by atoms with Crippen LogP contribution in [0.15, 0.2) is 11.8 Å². The molecule has 17 heavy (non-hydrogen) atoms. The van der Waals surface area contributed by atoms with Crippen molar-refractivity contribution in [2.45, 2.75) is 64.8 Å². The Bertz CT molecular complexity index is 266. The monoisotopic (exact) mass is 237 g/mol. The summed E-state index contributed by atoms with van der Waals surface area (Å²) in [6.45, 7) is 6.58. The van der Waals surface area contributed by atoms with Gasteiger partial charge >= 0.3 is 0 Å². The van der Waals surface area contributed by atoms with Crippen LogP contribution in [0.1, 0.15) is 58.8 Å². The van der Waals surface area contributed by atoms with Gasteiger partial charge in [0.15, 0.2) is 0 Å². The Balaban J connectivity index is 2.11. The Morgan fingerprint density at radius 3 is 2.65 bits per heavy atom. The van der Waals surface area contributed by atoms with Gasteiger partial charge in [0.25, 0.3) is 0 Å². The SMILES string of the molecule is CCNC(C1=CCCCO1)C1(C)CCCCC1. The van der Waals surface area contributed by atoms with Crippen molar-refractivity contribution in [3.63, 3.8) is 0 Å². The van der Waals surface area contributed by atoms with E-state index in [2.05, 4.69) is 25.2 Å². The van der Waals surface area contributed by atoms with Crippen LogP contribution in [0.3, 0.4) is 0 Å². The molecular formula is C15H27NO. The maximum absolute atomic E-state index is 5.91. The number of ether oxygens (including phenoxy) is 1. The zero-order valence-corrected chi connectivity index (χ0v) is 11.4. The molecule has 0 saturated heterocycles. The molecule has 1 N–H and O–H groups in total. The van der Waals surface area contributed by atoms with Crippen LogP contribution in [0, 0.1) is 5.41 Å². The molecular weight excluding hydrogens is 210 g/mol. The summed E-state index contributed by atoms with van der Waals surface area (Å²) < 4.78 is 5.91. The van der Waals surface area contributed by atoms with E-state index < -0.39 is 0 Å². The molecule has 98 valence electrons. The fraction of sp³-hybridized carbons (Fsp3) is 0.867. The largest absolute Gasteiger partial charge is 0.497 e. The lowest BCUT2D eigenvalue weighted by Crippen LogP contribution is -2.47. The van der Waals surface area contributed by atoms with Crippen LogP contribution in [0.5, 0.6) is 0 Å². The third-order valence-corrected chi connectivity index (χ3v) is 4.35. The lowest BCUT2D eigenvalue weighted by Gasteiger charge is -2.42. The van der Waals surface area contributed by atoms with Crippen LogP contribution in [-0.4, -0.2) is 19.2 Å². The van der Waals surface area contributed by atoms with E-state index >= 15 is 0 Å². The van der Waals surface area contributed by atoms with E-state index in [0.717, 1.165) is 13.2 Å². The average Bonchev–Trinajstić information content (AvgIpc) is 2.38. The quantitative estimate of drug-likeness (QED) is 0.806. The topological polar surface area (TPSA) is 21.3 Å². The van der Waals surface area contributed by atoms with E-state index in [-0.39, 0.29) is 0 Å². The Labute approximate surface area is 106 Å². The second kappa shape index (κ2) is 5.90. The molecule has 1 saturated carbocycles. The first-order valence-corrected chi connectivity index (χ1v) is 7.32. The van der Waals surface area contributed by atoms with Gasteiger partial charge < -0.3 is 10.1 Å². The van der Waals surface area contributed by atoms with Crippen LogP contribution in [0.25, 0.3) is 0 Å². The molecule has 0 aromatic carbocycles. The van der Waals surface area contributed by atoms with Crippen molar-refractivity contribution in [3.05, 3.63) is 11.8 Å². The smallest absolute Gasteiger partial charge is 0.109 e. The summed E-state index contributed by atoms with van der Waals surface area (Å²) in [6.07, 6.45) is 11.5. The van der Waals surface area contributed by atoms with E-state index in [1.165, 1.54) is 50.7 Å². The van der Waals surface area contributed by atoms with Crippen molar-refractivity contribution < 1.29 is 4.74 Å². The number of allylic oxidation sites excluding steroid dienone is 1. The molecule has 2 nitrogen and oxygen atoms in total. The Hall–Kier alpha value is -0.500. The fourth-order valence-corrected chi connectivity index (χ4v) is 3.32. The Morgan fingerprint density at radius 1 is 1.29 bits per heavy atom. The highest BCUT2D eigenvalue weighted by Gasteiger charge is 2.38. The third-order valence-electron chi connectivity index (χ3n) is 4.35. The molecule has 2 aliphatic rings. The highest BCUT2D eigenvalue weighted by molar-refractivity contribution is 5.11. The van der Waals surface area contributed by atoms with Gasteiger partial charge in [0.05, 0.1) is 12.6 Å². The number of likely N-dealkylation sites (N-methyl/N-ethyl adjacent to an activating group) is 1. The first-order valence-electron chi connectivity index (χ1n) is 7.32. The number of rotatable bonds is 4. The van der Waals surface area contributed by atoms with Crippen molar-refractivity contribution in [2.24, 2.45) is 5.41 Å². The van der Waals surface area contributed by atoms with Crippen molar-refractivity contribution >= 4 is 0 Å². The third kappa shape index (κ3) is 3.04. The number of hydrogen-bond acceptors (Lipinski definition) is 2. The summed E-state index contributed by atoms with van der Waals surface area (Å²) in [4.78, 5) is 0.